The second-order valence-electron chi connectivity index (χ2n) is 11.5. The first-order valence-corrected chi connectivity index (χ1v) is 15.1. The largest absolute Gasteiger partial charge is 0.481 e. The van der Waals surface area contributed by atoms with E-state index in [1.54, 1.807) is 39.6 Å². The predicted molar refractivity (Wildman–Crippen MR) is 164 cm³/mol. The molecule has 6 rings (SSSR count). The summed E-state index contributed by atoms with van der Waals surface area (Å²) in [5.41, 5.74) is 3.42. The second kappa shape index (κ2) is 13.0. The summed E-state index contributed by atoms with van der Waals surface area (Å²) in [5, 5.41) is 38.8. The molecule has 3 aromatic heterocycles. The predicted octanol–water partition coefficient (Wildman–Crippen LogP) is 2.29. The summed E-state index contributed by atoms with van der Waals surface area (Å²) < 4.78 is 20.1. The van der Waals surface area contributed by atoms with E-state index < -0.39 is 17.8 Å². The summed E-state index contributed by atoms with van der Waals surface area (Å²) in [6, 6.07) is 8.63. The number of aromatic nitrogens is 7. The number of halogens is 1. The molecule has 4 heterocycles. The lowest BCUT2D eigenvalue weighted by Crippen LogP contribution is -2.38. The van der Waals surface area contributed by atoms with Crippen LogP contribution in [0.1, 0.15) is 43.0 Å². The molecule has 3 N–H and O–H groups in total. The monoisotopic (exact) mass is 645 g/mol. The van der Waals surface area contributed by atoms with Gasteiger partial charge >= 0.3 is 11.9 Å². The van der Waals surface area contributed by atoms with Crippen LogP contribution in [0.5, 0.6) is 0 Å². The highest BCUT2D eigenvalue weighted by atomic mass is 19.1. The lowest BCUT2D eigenvalue weighted by atomic mass is 9.88. The number of likely N-dealkylation sites (tertiary alicyclic amines) is 1. The summed E-state index contributed by atoms with van der Waals surface area (Å²) in [4.78, 5) is 49.3. The molecule has 47 heavy (non-hydrogen) atoms. The number of nitrogens with one attached hydrogen (secondary N) is 1. The minimum absolute atomic E-state index is 0.0278. The van der Waals surface area contributed by atoms with Crippen LogP contribution in [-0.2, 0) is 45.9 Å². The molecule has 2 amide bonds. The molecule has 0 atom stereocenters. The number of piperidine rings is 1. The molecule has 0 aliphatic carbocycles. The molecule has 1 aliphatic heterocycles. The Hall–Kier alpha value is -5.67. The third kappa shape index (κ3) is 6.66. The maximum atomic E-state index is 15.7. The van der Waals surface area contributed by atoms with Crippen LogP contribution >= 0.6 is 0 Å². The summed E-state index contributed by atoms with van der Waals surface area (Å²) in [6.45, 7) is 0.351. The summed E-state index contributed by atoms with van der Waals surface area (Å²) in [7, 11) is 1.78. The van der Waals surface area contributed by atoms with Crippen molar-refractivity contribution in [1.82, 2.24) is 44.8 Å². The fraction of sp³-hybridized carbons (Fsp3) is 0.355. The van der Waals surface area contributed by atoms with Gasteiger partial charge in [0.05, 0.1) is 42.1 Å². The number of carboxylic acid groups (broad SMARTS) is 2. The number of carboxylic acids is 2. The van der Waals surface area contributed by atoms with Gasteiger partial charge < -0.3 is 20.4 Å². The number of hydrogen-bond acceptors (Lipinski definition) is 8. The Labute approximate surface area is 266 Å². The van der Waals surface area contributed by atoms with E-state index in [0.29, 0.717) is 64.7 Å². The third-order valence-electron chi connectivity index (χ3n) is 8.36. The number of amides is 2. The van der Waals surface area contributed by atoms with Gasteiger partial charge in [-0.2, -0.15) is 10.2 Å². The van der Waals surface area contributed by atoms with Gasteiger partial charge in [0.25, 0.3) is 0 Å². The van der Waals surface area contributed by atoms with Gasteiger partial charge in [-0.25, -0.2) is 9.07 Å². The quantitative estimate of drug-likeness (QED) is 0.192. The van der Waals surface area contributed by atoms with Crippen LogP contribution in [0.4, 0.5) is 4.39 Å². The number of rotatable bonds is 11. The van der Waals surface area contributed by atoms with Crippen molar-refractivity contribution in [1.29, 1.82) is 0 Å². The topological polar surface area (TPSA) is 190 Å². The maximum Gasteiger partial charge on any atom is 0.325 e. The van der Waals surface area contributed by atoms with Crippen molar-refractivity contribution >= 4 is 45.6 Å². The number of aryl methyl sites for hydroxylation is 1. The Kier molecular flexibility index (Phi) is 8.65. The van der Waals surface area contributed by atoms with Gasteiger partial charge in [-0.15, -0.1) is 5.10 Å². The summed E-state index contributed by atoms with van der Waals surface area (Å²) in [6.07, 6.45) is 3.86. The molecule has 1 aliphatic rings. The van der Waals surface area contributed by atoms with Crippen molar-refractivity contribution in [3.63, 3.8) is 0 Å². The Morgan fingerprint density at radius 2 is 1.79 bits per heavy atom. The van der Waals surface area contributed by atoms with Crippen molar-refractivity contribution < 1.29 is 33.8 Å². The Bertz CT molecular complexity index is 2010. The molecule has 16 heteroatoms. The van der Waals surface area contributed by atoms with Gasteiger partial charge in [-0.3, -0.25) is 28.5 Å². The van der Waals surface area contributed by atoms with Gasteiger partial charge in [0.1, 0.15) is 24.6 Å². The number of carbonyl (C=O) groups is 4. The average molecular weight is 646 g/mol. The van der Waals surface area contributed by atoms with Gasteiger partial charge in [-0.05, 0) is 36.6 Å². The van der Waals surface area contributed by atoms with E-state index in [9.17, 15) is 19.2 Å². The van der Waals surface area contributed by atoms with E-state index in [-0.39, 0.29) is 50.2 Å². The molecule has 244 valence electrons. The normalized spacial score (nSPS) is 13.8. The van der Waals surface area contributed by atoms with E-state index in [1.807, 2.05) is 12.1 Å². The van der Waals surface area contributed by atoms with Crippen molar-refractivity contribution in [2.45, 2.75) is 51.2 Å². The molecule has 0 unspecified atom stereocenters. The fourth-order valence-corrected chi connectivity index (χ4v) is 6.06. The molecule has 0 bridgehead atoms. The zero-order chi connectivity index (χ0) is 33.2. The lowest BCUT2D eigenvalue weighted by Gasteiger charge is -2.31. The molecule has 1 fully saturated rings. The number of aliphatic carboxylic acids is 2. The minimum Gasteiger partial charge on any atom is -0.481 e. The van der Waals surface area contributed by atoms with Crippen LogP contribution < -0.4 is 5.32 Å². The van der Waals surface area contributed by atoms with E-state index in [0.717, 1.165) is 10.2 Å². The first-order chi connectivity index (χ1) is 22.6. The Balaban J connectivity index is 1.31. The highest BCUT2D eigenvalue weighted by Crippen LogP contribution is 2.39. The summed E-state index contributed by atoms with van der Waals surface area (Å²) >= 11 is 0. The van der Waals surface area contributed by atoms with Crippen LogP contribution in [0.3, 0.4) is 0 Å². The highest BCUT2D eigenvalue weighted by Gasteiger charge is 2.29. The van der Waals surface area contributed by atoms with E-state index in [1.165, 1.54) is 12.3 Å². The number of fused-ring (bicyclic) bond motifs is 2. The van der Waals surface area contributed by atoms with Crippen molar-refractivity contribution in [2.24, 2.45) is 7.05 Å². The first kappa shape index (κ1) is 31.3. The molecule has 2 aromatic carbocycles. The van der Waals surface area contributed by atoms with Crippen LogP contribution in [0, 0.1) is 5.82 Å². The van der Waals surface area contributed by atoms with Crippen molar-refractivity contribution in [3.8, 4) is 11.1 Å². The average Bonchev–Trinajstić information content (AvgIpc) is 3.75. The zero-order valence-electron chi connectivity index (χ0n) is 25.5. The molecule has 5 aromatic rings. The zero-order valence-corrected chi connectivity index (χ0v) is 25.5. The maximum absolute atomic E-state index is 15.7. The second-order valence-corrected chi connectivity index (χ2v) is 11.5. The lowest BCUT2D eigenvalue weighted by molar-refractivity contribution is -0.141. The van der Waals surface area contributed by atoms with E-state index >= 15 is 4.39 Å². The molecular weight excluding hydrogens is 613 g/mol. The number of carbonyl (C=O) groups excluding carboxylic acids is 2. The minimum atomic E-state index is -1.07. The SMILES string of the molecule is Cn1ncc2cc(F)c(-c3cccc4c3c(C3CCN(C(=O)CCC(=O)O)CC3)nn4CC(=O)NCc3cn(CC(=O)O)nn3)cc21. The molecule has 0 spiro atoms. The van der Waals surface area contributed by atoms with E-state index in [2.05, 4.69) is 20.7 Å². The number of hydrogen-bond donors (Lipinski definition) is 3. The molecule has 0 saturated carbocycles. The first-order valence-electron chi connectivity index (χ1n) is 15.1. The third-order valence-corrected chi connectivity index (χ3v) is 8.36. The molecular formula is C31H32FN9O6. The van der Waals surface area contributed by atoms with Crippen LogP contribution in [-0.4, -0.2) is 86.5 Å². The highest BCUT2D eigenvalue weighted by molar-refractivity contribution is 6.00. The molecule has 0 radical (unpaired) electrons. The van der Waals surface area contributed by atoms with Gasteiger partial charge in [0.15, 0.2) is 0 Å². The van der Waals surface area contributed by atoms with Crippen molar-refractivity contribution in [2.75, 3.05) is 13.1 Å². The van der Waals surface area contributed by atoms with E-state index in [4.69, 9.17) is 15.3 Å². The van der Waals surface area contributed by atoms with Crippen molar-refractivity contribution in [3.05, 3.63) is 59.9 Å². The number of nitrogens with zero attached hydrogens (tertiary/aromatic N) is 8. The smallest absolute Gasteiger partial charge is 0.325 e. The van der Waals surface area contributed by atoms with Crippen LogP contribution in [0.25, 0.3) is 32.9 Å². The fourth-order valence-electron chi connectivity index (χ4n) is 6.06. The summed E-state index contributed by atoms with van der Waals surface area (Å²) in [5.74, 6) is -3.22. The standard InChI is InChI=1S/C31H32FN9O6/c1-38-25-12-22(23(32)11-19(25)13-34-38)21-3-2-4-24-30(21)31(18-7-9-39(10-8-18)27(43)5-6-28(44)45)36-41(24)16-26(42)33-14-20-15-40(37-35-20)17-29(46)47/h2-4,11-13,15,18H,5-10,14,16-17H2,1H3,(H,33,42)(H,44,45)(H,46,47). The Morgan fingerprint density at radius 3 is 2.53 bits per heavy atom. The van der Waals surface area contributed by atoms with Gasteiger partial charge in [0.2, 0.25) is 11.8 Å². The molecule has 15 nitrogen and oxygen atoms in total. The number of benzene rings is 2. The van der Waals surface area contributed by atoms with Crippen LogP contribution in [0.2, 0.25) is 0 Å². The van der Waals surface area contributed by atoms with Gasteiger partial charge in [-0.1, -0.05) is 17.3 Å². The van der Waals surface area contributed by atoms with Gasteiger partial charge in [0, 0.05) is 48.8 Å². The molecule has 1 saturated heterocycles. The Morgan fingerprint density at radius 1 is 1.00 bits per heavy atom. The van der Waals surface area contributed by atoms with Crippen LogP contribution in [0.15, 0.2) is 42.7 Å².